The molecule has 170 valence electrons. The summed E-state index contributed by atoms with van der Waals surface area (Å²) in [6.45, 7) is -0.250. The second kappa shape index (κ2) is 9.18. The minimum Gasteiger partial charge on any atom is -0.478 e. The number of carboxylic acid groups (broad SMARTS) is 1. The number of aromatic carboxylic acids is 1. The van der Waals surface area contributed by atoms with Gasteiger partial charge >= 0.3 is 12.1 Å². The molecule has 4 rings (SSSR count). The largest absolute Gasteiger partial charge is 0.478 e. The van der Waals surface area contributed by atoms with Crippen LogP contribution in [0.4, 0.5) is 18.9 Å². The van der Waals surface area contributed by atoms with Crippen LogP contribution < -0.4 is 4.90 Å². The van der Waals surface area contributed by atoms with Crippen LogP contribution in [0, 0.1) is 0 Å². The van der Waals surface area contributed by atoms with Gasteiger partial charge in [0.05, 0.1) is 28.6 Å². The van der Waals surface area contributed by atoms with Gasteiger partial charge < -0.3 is 10.0 Å². The summed E-state index contributed by atoms with van der Waals surface area (Å²) in [7, 11) is 0. The minimum absolute atomic E-state index is 0.0105. The van der Waals surface area contributed by atoms with Gasteiger partial charge in [-0.3, -0.25) is 4.79 Å². The smallest absolute Gasteiger partial charge is 0.416 e. The van der Waals surface area contributed by atoms with Crippen LogP contribution in [-0.2, 0) is 23.9 Å². The van der Waals surface area contributed by atoms with Crippen LogP contribution in [0.25, 0.3) is 0 Å². The number of fused-ring (bicyclic) bond motifs is 1. The zero-order chi connectivity index (χ0) is 23.8. The van der Waals surface area contributed by atoms with Gasteiger partial charge in [-0.05, 0) is 63.8 Å². The highest BCUT2D eigenvalue weighted by Gasteiger charge is 2.38. The van der Waals surface area contributed by atoms with Crippen LogP contribution >= 0.6 is 27.7 Å². The molecular formula is C23H16BrF3N2O3S. The third kappa shape index (κ3) is 5.06. The summed E-state index contributed by atoms with van der Waals surface area (Å²) in [5.41, 5.74) is 0.512. The first-order valence-electron chi connectivity index (χ1n) is 9.75. The Kier molecular flexibility index (Phi) is 6.49. The van der Waals surface area contributed by atoms with Crippen molar-refractivity contribution in [2.24, 2.45) is 0 Å². The van der Waals surface area contributed by atoms with Gasteiger partial charge in [-0.15, -0.1) is 0 Å². The Labute approximate surface area is 199 Å². The summed E-state index contributed by atoms with van der Waals surface area (Å²) in [4.78, 5) is 30.3. The molecule has 0 spiro atoms. The lowest BCUT2D eigenvalue weighted by Gasteiger charge is -2.33. The number of hydrogen-bond acceptors (Lipinski definition) is 4. The second-order valence-electron chi connectivity index (χ2n) is 7.35. The Bertz CT molecular complexity index is 1220. The van der Waals surface area contributed by atoms with E-state index in [1.165, 1.54) is 47.0 Å². The average molecular weight is 537 g/mol. The van der Waals surface area contributed by atoms with E-state index in [4.69, 9.17) is 5.11 Å². The highest BCUT2D eigenvalue weighted by Crippen LogP contribution is 2.41. The number of aromatic nitrogens is 1. The monoisotopic (exact) mass is 536 g/mol. The van der Waals surface area contributed by atoms with E-state index in [1.807, 2.05) is 0 Å². The summed E-state index contributed by atoms with van der Waals surface area (Å²) in [6.07, 6.45) is -4.27. The standard InChI is InChI=1S/C23H16BrF3N2O3S/c24-19-10-9-17-20(28-19)33-18(11-13-5-7-14(8-6-13)22(31)32)21(30)29(17)12-15-3-1-2-4-16(15)23(25,26)27/h1-10,18H,11-12H2,(H,31,32). The Balaban J connectivity index is 1.68. The molecule has 0 bridgehead atoms. The minimum atomic E-state index is -4.55. The van der Waals surface area contributed by atoms with Crippen molar-refractivity contribution in [3.63, 3.8) is 0 Å². The van der Waals surface area contributed by atoms with Crippen molar-refractivity contribution in [2.75, 3.05) is 4.90 Å². The number of carbonyl (C=O) groups excluding carboxylic acids is 1. The van der Waals surface area contributed by atoms with E-state index in [9.17, 15) is 22.8 Å². The zero-order valence-corrected chi connectivity index (χ0v) is 19.2. The predicted molar refractivity (Wildman–Crippen MR) is 121 cm³/mol. The number of thioether (sulfide) groups is 1. The van der Waals surface area contributed by atoms with Crippen LogP contribution in [0.1, 0.15) is 27.0 Å². The number of hydrogen-bond donors (Lipinski definition) is 1. The fourth-order valence-corrected chi connectivity index (χ4v) is 5.23. The molecule has 1 unspecified atom stereocenters. The van der Waals surface area contributed by atoms with Gasteiger partial charge in [-0.25, -0.2) is 9.78 Å². The van der Waals surface area contributed by atoms with Gasteiger partial charge in [0, 0.05) is 0 Å². The molecule has 2 aromatic carbocycles. The molecule has 5 nitrogen and oxygen atoms in total. The Morgan fingerprint density at radius 1 is 1.09 bits per heavy atom. The molecule has 1 aliphatic heterocycles. The van der Waals surface area contributed by atoms with Crippen LogP contribution in [0.3, 0.4) is 0 Å². The van der Waals surface area contributed by atoms with Crippen molar-refractivity contribution in [1.82, 2.24) is 4.98 Å². The molecular weight excluding hydrogens is 521 g/mol. The van der Waals surface area contributed by atoms with Crippen LogP contribution in [-0.4, -0.2) is 27.2 Å². The number of carbonyl (C=O) groups is 2. The van der Waals surface area contributed by atoms with E-state index in [2.05, 4.69) is 20.9 Å². The predicted octanol–water partition coefficient (Wildman–Crippen LogP) is 5.81. The zero-order valence-electron chi connectivity index (χ0n) is 16.8. The van der Waals surface area contributed by atoms with E-state index >= 15 is 0 Å². The number of rotatable bonds is 5. The number of pyridine rings is 1. The number of carboxylic acids is 1. The summed E-state index contributed by atoms with van der Waals surface area (Å²) < 4.78 is 41.1. The first kappa shape index (κ1) is 23.3. The fourth-order valence-electron chi connectivity index (χ4n) is 3.57. The lowest BCUT2D eigenvalue weighted by atomic mass is 10.0. The Morgan fingerprint density at radius 2 is 1.79 bits per heavy atom. The lowest BCUT2D eigenvalue weighted by molar-refractivity contribution is -0.138. The molecule has 0 radical (unpaired) electrons. The number of nitrogens with zero attached hydrogens (tertiary/aromatic N) is 2. The van der Waals surface area contributed by atoms with E-state index < -0.39 is 23.0 Å². The molecule has 1 aliphatic rings. The van der Waals surface area contributed by atoms with Gasteiger partial charge in [0.15, 0.2) is 0 Å². The molecule has 33 heavy (non-hydrogen) atoms. The molecule has 1 amide bonds. The molecule has 3 aromatic rings. The van der Waals surface area contributed by atoms with E-state index in [-0.39, 0.29) is 30.0 Å². The van der Waals surface area contributed by atoms with E-state index in [0.29, 0.717) is 15.3 Å². The third-order valence-electron chi connectivity index (χ3n) is 5.17. The lowest BCUT2D eigenvalue weighted by Crippen LogP contribution is -2.42. The number of halogens is 4. The summed E-state index contributed by atoms with van der Waals surface area (Å²) in [5.74, 6) is -1.39. The molecule has 2 heterocycles. The number of anilines is 1. The van der Waals surface area contributed by atoms with Crippen molar-refractivity contribution < 1.29 is 27.9 Å². The maximum Gasteiger partial charge on any atom is 0.416 e. The third-order valence-corrected chi connectivity index (χ3v) is 6.78. The summed E-state index contributed by atoms with van der Waals surface area (Å²) >= 11 is 4.54. The van der Waals surface area contributed by atoms with Crippen LogP contribution in [0.2, 0.25) is 0 Å². The van der Waals surface area contributed by atoms with Crippen LogP contribution in [0.5, 0.6) is 0 Å². The molecule has 0 saturated heterocycles. The summed E-state index contributed by atoms with van der Waals surface area (Å²) in [5, 5.41) is 8.97. The highest BCUT2D eigenvalue weighted by molar-refractivity contribution is 9.10. The quantitative estimate of drug-likeness (QED) is 0.416. The van der Waals surface area contributed by atoms with Gasteiger partial charge in [0.2, 0.25) is 5.91 Å². The van der Waals surface area contributed by atoms with Crippen molar-refractivity contribution in [2.45, 2.75) is 29.4 Å². The number of amides is 1. The van der Waals surface area contributed by atoms with Gasteiger partial charge in [0.1, 0.15) is 9.63 Å². The summed E-state index contributed by atoms with van der Waals surface area (Å²) in [6, 6.07) is 14.7. The first-order chi connectivity index (χ1) is 15.6. The molecule has 0 saturated carbocycles. The Hall–Kier alpha value is -2.85. The fraction of sp³-hybridized carbons (Fsp3) is 0.174. The molecule has 10 heteroatoms. The normalized spacial score (nSPS) is 15.9. The maximum absolute atomic E-state index is 13.5. The van der Waals surface area contributed by atoms with E-state index in [0.717, 1.165) is 11.6 Å². The van der Waals surface area contributed by atoms with Crippen LogP contribution in [0.15, 0.2) is 70.3 Å². The number of alkyl halides is 3. The molecule has 0 aliphatic carbocycles. The Morgan fingerprint density at radius 3 is 2.45 bits per heavy atom. The van der Waals surface area contributed by atoms with Gasteiger partial charge in [-0.1, -0.05) is 42.1 Å². The van der Waals surface area contributed by atoms with Crippen molar-refractivity contribution in [3.8, 4) is 0 Å². The van der Waals surface area contributed by atoms with Crippen molar-refractivity contribution in [3.05, 3.63) is 87.5 Å². The van der Waals surface area contributed by atoms with Gasteiger partial charge in [-0.2, -0.15) is 13.2 Å². The molecule has 1 aromatic heterocycles. The topological polar surface area (TPSA) is 70.5 Å². The molecule has 0 fully saturated rings. The first-order valence-corrected chi connectivity index (χ1v) is 11.4. The SMILES string of the molecule is O=C(O)c1ccc(CC2Sc3nc(Br)ccc3N(Cc3ccccc3C(F)(F)F)C2=O)cc1. The van der Waals surface area contributed by atoms with Crippen molar-refractivity contribution >= 4 is 45.3 Å². The average Bonchev–Trinajstić information content (AvgIpc) is 2.76. The second-order valence-corrected chi connectivity index (χ2v) is 9.35. The maximum atomic E-state index is 13.5. The highest BCUT2D eigenvalue weighted by atomic mass is 79.9. The molecule has 1 N–H and O–H groups in total. The molecule has 1 atom stereocenters. The number of benzene rings is 2. The van der Waals surface area contributed by atoms with Gasteiger partial charge in [0.25, 0.3) is 0 Å². The van der Waals surface area contributed by atoms with Crippen molar-refractivity contribution in [1.29, 1.82) is 0 Å². The van der Waals surface area contributed by atoms with E-state index in [1.54, 1.807) is 24.3 Å².